The molecule has 0 saturated heterocycles. The Hall–Kier alpha value is -1.65. The summed E-state index contributed by atoms with van der Waals surface area (Å²) in [4.78, 5) is 8.31. The maximum Gasteiger partial charge on any atom is 0.156 e. The molecule has 3 aromatic rings. The van der Waals surface area contributed by atoms with Crippen LogP contribution >= 0.6 is 23.2 Å². The SMILES string of the molecule is Fc1ccc(-c2cn3cc(Cl)cc(Cl)c3n2)nc1. The first-order chi connectivity index (χ1) is 8.63. The van der Waals surface area contributed by atoms with E-state index in [0.29, 0.717) is 27.1 Å². The van der Waals surface area contributed by atoms with E-state index in [0.717, 1.165) is 6.20 Å². The lowest BCUT2D eigenvalue weighted by Crippen LogP contribution is -1.83. The van der Waals surface area contributed by atoms with Gasteiger partial charge in [0, 0.05) is 12.4 Å². The molecule has 3 rings (SSSR count). The van der Waals surface area contributed by atoms with Crippen molar-refractivity contribution >= 4 is 28.8 Å². The number of pyridine rings is 2. The molecular weight excluding hydrogens is 276 g/mol. The third kappa shape index (κ3) is 1.94. The minimum atomic E-state index is -0.386. The van der Waals surface area contributed by atoms with E-state index in [4.69, 9.17) is 23.2 Å². The number of nitrogens with zero attached hydrogens (tertiary/aromatic N) is 3. The van der Waals surface area contributed by atoms with E-state index in [1.165, 1.54) is 6.07 Å². The maximum atomic E-state index is 12.8. The number of fused-ring (bicyclic) bond motifs is 1. The van der Waals surface area contributed by atoms with Crippen LogP contribution in [0.1, 0.15) is 0 Å². The van der Waals surface area contributed by atoms with Gasteiger partial charge in [0.2, 0.25) is 0 Å². The molecule has 0 saturated carbocycles. The molecule has 18 heavy (non-hydrogen) atoms. The van der Waals surface area contributed by atoms with Gasteiger partial charge in [-0.1, -0.05) is 23.2 Å². The van der Waals surface area contributed by atoms with Crippen LogP contribution in [0.15, 0.2) is 36.8 Å². The molecule has 0 amide bonds. The van der Waals surface area contributed by atoms with Crippen LogP contribution < -0.4 is 0 Å². The van der Waals surface area contributed by atoms with Crippen molar-refractivity contribution in [2.75, 3.05) is 0 Å². The molecule has 0 fully saturated rings. The minimum absolute atomic E-state index is 0.386. The van der Waals surface area contributed by atoms with Gasteiger partial charge in [-0.2, -0.15) is 0 Å². The summed E-state index contributed by atoms with van der Waals surface area (Å²) in [5.74, 6) is -0.386. The van der Waals surface area contributed by atoms with Crippen molar-refractivity contribution in [2.45, 2.75) is 0 Å². The van der Waals surface area contributed by atoms with Gasteiger partial charge in [-0.15, -0.1) is 0 Å². The van der Waals surface area contributed by atoms with Crippen LogP contribution in [-0.4, -0.2) is 14.4 Å². The molecule has 0 bridgehead atoms. The molecule has 0 aliphatic carbocycles. The van der Waals surface area contributed by atoms with E-state index in [1.807, 2.05) is 0 Å². The first-order valence-electron chi connectivity index (χ1n) is 5.09. The highest BCUT2D eigenvalue weighted by Gasteiger charge is 2.09. The fourth-order valence-electron chi connectivity index (χ4n) is 1.68. The minimum Gasteiger partial charge on any atom is -0.304 e. The molecule has 0 N–H and O–H groups in total. The van der Waals surface area contributed by atoms with Gasteiger partial charge in [-0.05, 0) is 18.2 Å². The van der Waals surface area contributed by atoms with Gasteiger partial charge in [-0.25, -0.2) is 9.37 Å². The highest BCUT2D eigenvalue weighted by Crippen LogP contribution is 2.24. The number of rotatable bonds is 1. The molecular formula is C12H6Cl2FN3. The van der Waals surface area contributed by atoms with Gasteiger partial charge < -0.3 is 4.40 Å². The summed E-state index contributed by atoms with van der Waals surface area (Å²) in [7, 11) is 0. The smallest absolute Gasteiger partial charge is 0.156 e. The number of aromatic nitrogens is 3. The molecule has 0 atom stereocenters. The second kappa shape index (κ2) is 4.23. The van der Waals surface area contributed by atoms with Crippen molar-refractivity contribution in [2.24, 2.45) is 0 Å². The van der Waals surface area contributed by atoms with Crippen LogP contribution in [0.25, 0.3) is 17.0 Å². The van der Waals surface area contributed by atoms with Crippen LogP contribution in [0, 0.1) is 5.82 Å². The molecule has 6 heteroatoms. The van der Waals surface area contributed by atoms with Gasteiger partial charge in [-0.3, -0.25) is 4.98 Å². The Morgan fingerprint density at radius 1 is 1.11 bits per heavy atom. The Balaban J connectivity index is 2.19. The number of hydrogen-bond donors (Lipinski definition) is 0. The third-order valence-electron chi connectivity index (χ3n) is 2.46. The zero-order chi connectivity index (χ0) is 12.7. The van der Waals surface area contributed by atoms with Gasteiger partial charge >= 0.3 is 0 Å². The zero-order valence-corrected chi connectivity index (χ0v) is 10.5. The van der Waals surface area contributed by atoms with Crippen LogP contribution in [0.5, 0.6) is 0 Å². The van der Waals surface area contributed by atoms with Gasteiger partial charge in [0.25, 0.3) is 0 Å². The largest absolute Gasteiger partial charge is 0.304 e. The maximum absolute atomic E-state index is 12.8. The molecule has 0 unspecified atom stereocenters. The first kappa shape index (κ1) is 11.4. The lowest BCUT2D eigenvalue weighted by Gasteiger charge is -1.95. The second-order valence-corrected chi connectivity index (χ2v) is 4.57. The van der Waals surface area contributed by atoms with E-state index >= 15 is 0 Å². The summed E-state index contributed by atoms with van der Waals surface area (Å²) >= 11 is 11.9. The van der Waals surface area contributed by atoms with Crippen molar-refractivity contribution in [3.63, 3.8) is 0 Å². The predicted octanol–water partition coefficient (Wildman–Crippen LogP) is 3.84. The van der Waals surface area contributed by atoms with E-state index in [2.05, 4.69) is 9.97 Å². The molecule has 3 nitrogen and oxygen atoms in total. The summed E-state index contributed by atoms with van der Waals surface area (Å²) in [5, 5.41) is 0.972. The van der Waals surface area contributed by atoms with Crippen molar-refractivity contribution in [1.29, 1.82) is 0 Å². The lowest BCUT2D eigenvalue weighted by atomic mass is 10.3. The number of hydrogen-bond acceptors (Lipinski definition) is 2. The highest BCUT2D eigenvalue weighted by molar-refractivity contribution is 6.36. The standard InChI is InChI=1S/C12H6Cl2FN3/c13-7-3-9(14)12-17-11(6-18(12)5-7)10-2-1-8(15)4-16-10/h1-6H. The average Bonchev–Trinajstić information content (AvgIpc) is 2.74. The lowest BCUT2D eigenvalue weighted by molar-refractivity contribution is 0.622. The van der Waals surface area contributed by atoms with E-state index in [9.17, 15) is 4.39 Å². The monoisotopic (exact) mass is 281 g/mol. The molecule has 0 aliphatic heterocycles. The fraction of sp³-hybridized carbons (Fsp3) is 0. The molecule has 90 valence electrons. The van der Waals surface area contributed by atoms with Gasteiger partial charge in [0.15, 0.2) is 5.65 Å². The number of halogens is 3. The van der Waals surface area contributed by atoms with Crippen molar-refractivity contribution in [1.82, 2.24) is 14.4 Å². The molecule has 3 aromatic heterocycles. The topological polar surface area (TPSA) is 30.2 Å². The average molecular weight is 282 g/mol. The van der Waals surface area contributed by atoms with Crippen molar-refractivity contribution < 1.29 is 4.39 Å². The highest BCUT2D eigenvalue weighted by atomic mass is 35.5. The first-order valence-corrected chi connectivity index (χ1v) is 5.85. The van der Waals surface area contributed by atoms with Crippen LogP contribution in [-0.2, 0) is 0 Å². The molecule has 3 heterocycles. The molecule has 0 spiro atoms. The Morgan fingerprint density at radius 2 is 1.94 bits per heavy atom. The van der Waals surface area contributed by atoms with E-state index in [-0.39, 0.29) is 5.82 Å². The summed E-state index contributed by atoms with van der Waals surface area (Å²) < 4.78 is 14.5. The molecule has 0 aromatic carbocycles. The quantitative estimate of drug-likeness (QED) is 0.678. The molecule has 0 radical (unpaired) electrons. The van der Waals surface area contributed by atoms with Gasteiger partial charge in [0.1, 0.15) is 11.5 Å². The van der Waals surface area contributed by atoms with E-state index in [1.54, 1.807) is 28.9 Å². The zero-order valence-electron chi connectivity index (χ0n) is 8.94. The predicted molar refractivity (Wildman–Crippen MR) is 68.4 cm³/mol. The summed E-state index contributed by atoms with van der Waals surface area (Å²) in [6.07, 6.45) is 4.59. The van der Waals surface area contributed by atoms with Crippen LogP contribution in [0.3, 0.4) is 0 Å². The Morgan fingerprint density at radius 3 is 2.67 bits per heavy atom. The van der Waals surface area contributed by atoms with Gasteiger partial charge in [0.05, 0.1) is 21.9 Å². The normalized spacial score (nSPS) is 11.1. The fourth-order valence-corrected chi connectivity index (χ4v) is 2.20. The second-order valence-electron chi connectivity index (χ2n) is 3.72. The Kier molecular flexibility index (Phi) is 2.69. The summed E-state index contributed by atoms with van der Waals surface area (Å²) in [5.41, 5.74) is 1.77. The Labute approximate surface area is 112 Å². The van der Waals surface area contributed by atoms with E-state index < -0.39 is 0 Å². The molecule has 0 aliphatic rings. The van der Waals surface area contributed by atoms with Crippen LogP contribution in [0.4, 0.5) is 4.39 Å². The van der Waals surface area contributed by atoms with Crippen LogP contribution in [0.2, 0.25) is 10.0 Å². The van der Waals surface area contributed by atoms with Crippen molar-refractivity contribution in [3.8, 4) is 11.4 Å². The number of imidazole rings is 1. The third-order valence-corrected chi connectivity index (χ3v) is 2.95. The summed E-state index contributed by atoms with van der Waals surface area (Å²) in [6, 6.07) is 4.51. The summed E-state index contributed by atoms with van der Waals surface area (Å²) in [6.45, 7) is 0. The van der Waals surface area contributed by atoms with Crippen molar-refractivity contribution in [3.05, 3.63) is 52.7 Å². The Bertz CT molecular complexity index is 722.